The topological polar surface area (TPSA) is 44.1 Å². The van der Waals surface area contributed by atoms with E-state index in [-0.39, 0.29) is 11.2 Å². The summed E-state index contributed by atoms with van der Waals surface area (Å²) in [5, 5.41) is 9.58. The van der Waals surface area contributed by atoms with Gasteiger partial charge in [0.2, 0.25) is 5.91 Å². The lowest BCUT2D eigenvalue weighted by Crippen LogP contribution is -2.39. The fraction of sp³-hybridized carbons (Fsp3) is 0.176. The van der Waals surface area contributed by atoms with E-state index in [0.717, 1.165) is 16.1 Å². The largest absolute Gasteiger partial charge is 0.306 e. The van der Waals surface area contributed by atoms with E-state index in [9.17, 15) is 4.79 Å². The molecule has 5 heteroatoms. The van der Waals surface area contributed by atoms with Crippen molar-refractivity contribution in [3.8, 4) is 6.07 Å². The second-order valence-electron chi connectivity index (χ2n) is 5.07. The molecule has 0 spiro atoms. The first-order chi connectivity index (χ1) is 10.6. The predicted octanol–water partition coefficient (Wildman–Crippen LogP) is 4.24. The minimum atomic E-state index is -0.150. The van der Waals surface area contributed by atoms with Crippen molar-refractivity contribution < 1.29 is 4.79 Å². The van der Waals surface area contributed by atoms with Crippen LogP contribution in [0.15, 0.2) is 47.4 Å². The van der Waals surface area contributed by atoms with Crippen molar-refractivity contribution in [1.29, 1.82) is 5.26 Å². The number of anilines is 1. The molecule has 3 nitrogen and oxygen atoms in total. The Hall–Kier alpha value is -1.96. The molecule has 1 unspecified atom stereocenters. The molecular formula is C17H13ClN2OS. The number of hydrogen-bond acceptors (Lipinski definition) is 3. The van der Waals surface area contributed by atoms with Crippen LogP contribution < -0.4 is 4.90 Å². The Labute approximate surface area is 138 Å². The van der Waals surface area contributed by atoms with Crippen LogP contribution in [0, 0.1) is 11.3 Å². The smallest absolute Gasteiger partial charge is 0.240 e. The summed E-state index contributed by atoms with van der Waals surface area (Å²) >= 11 is 7.74. The SMILES string of the molecule is CC1Sc2ccc(C#N)cc2N(Cc2ccccc2Cl)C1=O. The van der Waals surface area contributed by atoms with Crippen molar-refractivity contribution in [2.24, 2.45) is 0 Å². The molecule has 2 aromatic carbocycles. The fourth-order valence-corrected chi connectivity index (χ4v) is 3.68. The summed E-state index contributed by atoms with van der Waals surface area (Å²) in [5.41, 5.74) is 2.22. The first-order valence-electron chi connectivity index (χ1n) is 6.85. The number of thioether (sulfide) groups is 1. The van der Waals surface area contributed by atoms with E-state index < -0.39 is 0 Å². The zero-order chi connectivity index (χ0) is 15.7. The van der Waals surface area contributed by atoms with Crippen LogP contribution in [0.2, 0.25) is 5.02 Å². The average Bonchev–Trinajstić information content (AvgIpc) is 2.53. The third kappa shape index (κ3) is 2.70. The fourth-order valence-electron chi connectivity index (χ4n) is 2.44. The van der Waals surface area contributed by atoms with E-state index in [4.69, 9.17) is 16.9 Å². The Kier molecular flexibility index (Phi) is 4.10. The Balaban J connectivity index is 2.05. The van der Waals surface area contributed by atoms with Crippen molar-refractivity contribution in [2.45, 2.75) is 23.6 Å². The summed E-state index contributed by atoms with van der Waals surface area (Å²) in [6.07, 6.45) is 0. The number of amides is 1. The van der Waals surface area contributed by atoms with Crippen LogP contribution in [0.5, 0.6) is 0 Å². The molecular weight excluding hydrogens is 316 g/mol. The molecule has 0 saturated carbocycles. The van der Waals surface area contributed by atoms with Crippen molar-refractivity contribution in [2.75, 3.05) is 4.90 Å². The number of halogens is 1. The number of hydrogen-bond donors (Lipinski definition) is 0. The van der Waals surface area contributed by atoms with Gasteiger partial charge in [-0.25, -0.2) is 0 Å². The molecule has 1 atom stereocenters. The van der Waals surface area contributed by atoms with Crippen LogP contribution in [-0.2, 0) is 11.3 Å². The highest BCUT2D eigenvalue weighted by atomic mass is 35.5. The summed E-state index contributed by atoms with van der Waals surface area (Å²) in [6, 6.07) is 15.1. The highest BCUT2D eigenvalue weighted by molar-refractivity contribution is 8.00. The number of fused-ring (bicyclic) bond motifs is 1. The minimum absolute atomic E-state index is 0.0347. The van der Waals surface area contributed by atoms with E-state index in [1.54, 1.807) is 17.0 Å². The highest BCUT2D eigenvalue weighted by Crippen LogP contribution is 2.40. The second kappa shape index (κ2) is 6.04. The van der Waals surface area contributed by atoms with Crippen LogP contribution in [0.4, 0.5) is 5.69 Å². The quantitative estimate of drug-likeness (QED) is 0.828. The molecule has 0 aromatic heterocycles. The molecule has 22 heavy (non-hydrogen) atoms. The number of rotatable bonds is 2. The van der Waals surface area contributed by atoms with Crippen LogP contribution in [-0.4, -0.2) is 11.2 Å². The minimum Gasteiger partial charge on any atom is -0.306 e. The summed E-state index contributed by atoms with van der Waals surface area (Å²) in [5.74, 6) is 0.0347. The molecule has 0 N–H and O–H groups in total. The second-order valence-corrected chi connectivity index (χ2v) is 6.86. The molecule has 0 fully saturated rings. The molecule has 3 rings (SSSR count). The highest BCUT2D eigenvalue weighted by Gasteiger charge is 2.31. The van der Waals surface area contributed by atoms with Crippen molar-refractivity contribution in [3.63, 3.8) is 0 Å². The number of nitrogens with zero attached hydrogens (tertiary/aromatic N) is 2. The van der Waals surface area contributed by atoms with E-state index >= 15 is 0 Å². The summed E-state index contributed by atoms with van der Waals surface area (Å²) in [7, 11) is 0. The van der Waals surface area contributed by atoms with Crippen LogP contribution in [0.3, 0.4) is 0 Å². The maximum Gasteiger partial charge on any atom is 0.240 e. The van der Waals surface area contributed by atoms with Gasteiger partial charge in [0.25, 0.3) is 0 Å². The van der Waals surface area contributed by atoms with Crippen LogP contribution >= 0.6 is 23.4 Å². The Morgan fingerprint density at radius 1 is 1.32 bits per heavy atom. The third-order valence-corrected chi connectivity index (χ3v) is 5.11. The first kappa shape index (κ1) is 15.0. The van der Waals surface area contributed by atoms with Gasteiger partial charge in [0.05, 0.1) is 29.1 Å². The van der Waals surface area contributed by atoms with Crippen molar-refractivity contribution in [3.05, 3.63) is 58.6 Å². The Bertz CT molecular complexity index is 784. The van der Waals surface area contributed by atoms with Gasteiger partial charge in [-0.05, 0) is 36.8 Å². The lowest BCUT2D eigenvalue weighted by atomic mass is 10.1. The monoisotopic (exact) mass is 328 g/mol. The van der Waals surface area contributed by atoms with E-state index in [2.05, 4.69) is 6.07 Å². The molecule has 0 radical (unpaired) electrons. The van der Waals surface area contributed by atoms with Crippen molar-refractivity contribution >= 4 is 35.0 Å². The molecule has 0 aliphatic carbocycles. The molecule has 110 valence electrons. The van der Waals surface area contributed by atoms with Gasteiger partial charge in [-0.15, -0.1) is 11.8 Å². The number of benzene rings is 2. The predicted molar refractivity (Wildman–Crippen MR) is 89.1 cm³/mol. The van der Waals surface area contributed by atoms with Gasteiger partial charge >= 0.3 is 0 Å². The van der Waals surface area contributed by atoms with E-state index in [1.807, 2.05) is 37.3 Å². The van der Waals surface area contributed by atoms with Gasteiger partial charge < -0.3 is 4.90 Å². The van der Waals surface area contributed by atoms with Crippen molar-refractivity contribution in [1.82, 2.24) is 0 Å². The molecule has 1 aliphatic heterocycles. The van der Waals surface area contributed by atoms with Gasteiger partial charge in [0, 0.05) is 9.92 Å². The normalized spacial score (nSPS) is 17.0. The Morgan fingerprint density at radius 2 is 2.09 bits per heavy atom. The summed E-state index contributed by atoms with van der Waals surface area (Å²) in [4.78, 5) is 15.3. The van der Waals surface area contributed by atoms with Gasteiger partial charge in [-0.3, -0.25) is 4.79 Å². The lowest BCUT2D eigenvalue weighted by molar-refractivity contribution is -0.118. The average molecular weight is 329 g/mol. The van der Waals surface area contributed by atoms with Gasteiger partial charge in [0.15, 0.2) is 0 Å². The zero-order valence-electron chi connectivity index (χ0n) is 11.9. The molecule has 1 amide bonds. The standard InChI is InChI=1S/C17H13ClN2OS/c1-11-17(21)20(10-13-4-2-3-5-14(13)18)15-8-12(9-19)6-7-16(15)22-11/h2-8,11H,10H2,1H3. The maximum absolute atomic E-state index is 12.6. The number of carbonyl (C=O) groups is 1. The van der Waals surface area contributed by atoms with E-state index in [1.165, 1.54) is 11.8 Å². The van der Waals surface area contributed by atoms with Gasteiger partial charge in [0.1, 0.15) is 0 Å². The summed E-state index contributed by atoms with van der Waals surface area (Å²) in [6.45, 7) is 2.30. The lowest BCUT2D eigenvalue weighted by Gasteiger charge is -2.32. The molecule has 0 saturated heterocycles. The zero-order valence-corrected chi connectivity index (χ0v) is 13.5. The maximum atomic E-state index is 12.6. The Morgan fingerprint density at radius 3 is 2.82 bits per heavy atom. The molecule has 0 bridgehead atoms. The first-order valence-corrected chi connectivity index (χ1v) is 8.11. The number of nitriles is 1. The van der Waals surface area contributed by atoms with Crippen LogP contribution in [0.1, 0.15) is 18.1 Å². The molecule has 2 aromatic rings. The third-order valence-electron chi connectivity index (χ3n) is 3.58. The van der Waals surface area contributed by atoms with Gasteiger partial charge in [-0.2, -0.15) is 5.26 Å². The van der Waals surface area contributed by atoms with E-state index in [0.29, 0.717) is 17.1 Å². The summed E-state index contributed by atoms with van der Waals surface area (Å²) < 4.78 is 0. The van der Waals surface area contributed by atoms with Gasteiger partial charge in [-0.1, -0.05) is 29.8 Å². The van der Waals surface area contributed by atoms with Crippen LogP contribution in [0.25, 0.3) is 0 Å². The number of carbonyl (C=O) groups excluding carboxylic acids is 1. The molecule has 1 aliphatic rings. The molecule has 1 heterocycles.